The lowest BCUT2D eigenvalue weighted by atomic mass is 10.1. The van der Waals surface area contributed by atoms with Crippen molar-refractivity contribution in [3.05, 3.63) is 67.0 Å². The first-order valence-electron chi connectivity index (χ1n) is 9.81. The molecule has 0 fully saturated rings. The molecule has 3 aromatic rings. The standard InChI is InChI=1S/C21H26N4O3S/c1-4-24(5-2)18(15-9-10-29-13-15)12-22-19(26)14-7-8-16-17(11-14)23-21(28)25(6-3)20(16)27/h7-11,13,18H,4-6,12H2,1-3H3,(H,22,26)(H,23,28). The van der Waals surface area contributed by atoms with Gasteiger partial charge < -0.3 is 10.3 Å². The van der Waals surface area contributed by atoms with E-state index in [0.717, 1.165) is 17.7 Å². The number of thiophene rings is 1. The SMILES string of the molecule is CCN(CC)C(CNC(=O)c1ccc2c(=O)n(CC)c(=O)[nH]c2c1)c1ccsc1. The van der Waals surface area contributed by atoms with Crippen LogP contribution in [0.1, 0.15) is 42.7 Å². The Morgan fingerprint density at radius 1 is 1.21 bits per heavy atom. The first-order valence-corrected chi connectivity index (χ1v) is 10.8. The van der Waals surface area contributed by atoms with Gasteiger partial charge in [0.25, 0.3) is 11.5 Å². The maximum Gasteiger partial charge on any atom is 0.328 e. The molecule has 0 aliphatic carbocycles. The highest BCUT2D eigenvalue weighted by Crippen LogP contribution is 2.22. The van der Waals surface area contributed by atoms with Crippen molar-refractivity contribution in [2.24, 2.45) is 0 Å². The zero-order chi connectivity index (χ0) is 21.0. The van der Waals surface area contributed by atoms with Crippen LogP contribution >= 0.6 is 11.3 Å². The summed E-state index contributed by atoms with van der Waals surface area (Å²) in [5.41, 5.74) is 1.14. The molecule has 8 heteroatoms. The molecular formula is C21H26N4O3S. The minimum atomic E-state index is -0.471. The third-order valence-corrected chi connectivity index (χ3v) is 5.90. The van der Waals surface area contributed by atoms with E-state index in [-0.39, 0.29) is 17.5 Å². The molecule has 2 N–H and O–H groups in total. The molecule has 1 aromatic carbocycles. The van der Waals surface area contributed by atoms with Gasteiger partial charge in [0.2, 0.25) is 0 Å². The summed E-state index contributed by atoms with van der Waals surface area (Å²) in [6.45, 7) is 8.48. The van der Waals surface area contributed by atoms with Crippen molar-refractivity contribution in [3.8, 4) is 0 Å². The fourth-order valence-corrected chi connectivity index (χ4v) is 4.27. The van der Waals surface area contributed by atoms with Crippen LogP contribution in [0.4, 0.5) is 0 Å². The summed E-state index contributed by atoms with van der Waals surface area (Å²) in [6.07, 6.45) is 0. The van der Waals surface area contributed by atoms with Gasteiger partial charge in [0.15, 0.2) is 0 Å². The van der Waals surface area contributed by atoms with Crippen molar-refractivity contribution in [3.63, 3.8) is 0 Å². The molecule has 1 atom stereocenters. The van der Waals surface area contributed by atoms with Crippen LogP contribution in [0.25, 0.3) is 10.9 Å². The number of aromatic amines is 1. The molecule has 0 spiro atoms. The van der Waals surface area contributed by atoms with Crippen molar-refractivity contribution >= 4 is 28.1 Å². The normalized spacial score (nSPS) is 12.4. The zero-order valence-corrected chi connectivity index (χ0v) is 17.7. The second-order valence-corrected chi connectivity index (χ2v) is 7.52. The summed E-state index contributed by atoms with van der Waals surface area (Å²) in [5, 5.41) is 7.54. The summed E-state index contributed by atoms with van der Waals surface area (Å²) >= 11 is 1.64. The van der Waals surface area contributed by atoms with Crippen molar-refractivity contribution < 1.29 is 4.79 Å². The molecule has 0 radical (unpaired) electrons. The molecule has 2 heterocycles. The predicted octanol–water partition coefficient (Wildman–Crippen LogP) is 2.58. The highest BCUT2D eigenvalue weighted by Gasteiger charge is 2.20. The lowest BCUT2D eigenvalue weighted by Gasteiger charge is -2.29. The summed E-state index contributed by atoms with van der Waals surface area (Å²) in [7, 11) is 0. The van der Waals surface area contributed by atoms with Crippen LogP contribution in [-0.2, 0) is 6.54 Å². The minimum Gasteiger partial charge on any atom is -0.350 e. The number of hydrogen-bond acceptors (Lipinski definition) is 5. The molecule has 0 saturated carbocycles. The average Bonchev–Trinajstić information content (AvgIpc) is 3.25. The highest BCUT2D eigenvalue weighted by molar-refractivity contribution is 7.07. The van der Waals surface area contributed by atoms with E-state index in [1.54, 1.807) is 36.5 Å². The number of H-pyrrole nitrogens is 1. The molecule has 0 aliphatic heterocycles. The second kappa shape index (κ2) is 9.19. The lowest BCUT2D eigenvalue weighted by molar-refractivity contribution is 0.0935. The molecule has 3 rings (SSSR count). The number of fused-ring (bicyclic) bond motifs is 1. The van der Waals surface area contributed by atoms with E-state index >= 15 is 0 Å². The van der Waals surface area contributed by atoms with Crippen LogP contribution in [0, 0.1) is 0 Å². The number of likely N-dealkylation sites (N-methyl/N-ethyl adjacent to an activating group) is 1. The van der Waals surface area contributed by atoms with E-state index in [1.165, 1.54) is 5.56 Å². The van der Waals surface area contributed by atoms with Crippen LogP contribution < -0.4 is 16.6 Å². The molecule has 0 bridgehead atoms. The number of nitrogens with one attached hydrogen (secondary N) is 2. The van der Waals surface area contributed by atoms with E-state index in [1.807, 2.05) is 5.38 Å². The summed E-state index contributed by atoms with van der Waals surface area (Å²) in [4.78, 5) is 42.2. The molecular weight excluding hydrogens is 388 g/mol. The number of carbonyl (C=O) groups is 1. The van der Waals surface area contributed by atoms with Gasteiger partial charge in [0.1, 0.15) is 0 Å². The Labute approximate surface area is 173 Å². The molecule has 7 nitrogen and oxygen atoms in total. The Morgan fingerprint density at radius 2 is 1.97 bits per heavy atom. The topological polar surface area (TPSA) is 87.2 Å². The third kappa shape index (κ3) is 4.33. The number of hydrogen-bond donors (Lipinski definition) is 2. The van der Waals surface area contributed by atoms with Gasteiger partial charge in [0, 0.05) is 18.7 Å². The average molecular weight is 415 g/mol. The Kier molecular flexibility index (Phi) is 6.66. The number of nitrogens with zero attached hydrogens (tertiary/aromatic N) is 2. The van der Waals surface area contributed by atoms with Gasteiger partial charge in [-0.05, 0) is 60.6 Å². The summed E-state index contributed by atoms with van der Waals surface area (Å²) in [5.74, 6) is -0.236. The maximum atomic E-state index is 12.8. The fourth-order valence-electron chi connectivity index (χ4n) is 3.56. The zero-order valence-electron chi connectivity index (χ0n) is 16.9. The number of carbonyl (C=O) groups excluding carboxylic acids is 1. The quantitative estimate of drug-likeness (QED) is 0.593. The van der Waals surface area contributed by atoms with E-state index < -0.39 is 5.69 Å². The predicted molar refractivity (Wildman–Crippen MR) is 117 cm³/mol. The van der Waals surface area contributed by atoms with Crippen molar-refractivity contribution in [2.75, 3.05) is 19.6 Å². The van der Waals surface area contributed by atoms with Gasteiger partial charge in [-0.15, -0.1) is 0 Å². The third-order valence-electron chi connectivity index (χ3n) is 5.20. The van der Waals surface area contributed by atoms with Gasteiger partial charge in [-0.25, -0.2) is 4.79 Å². The first kappa shape index (κ1) is 21.0. The number of amides is 1. The number of benzene rings is 1. The smallest absolute Gasteiger partial charge is 0.328 e. The lowest BCUT2D eigenvalue weighted by Crippen LogP contribution is -2.38. The van der Waals surface area contributed by atoms with Crippen molar-refractivity contribution in [1.29, 1.82) is 0 Å². The number of aromatic nitrogens is 2. The Balaban J connectivity index is 1.83. The highest BCUT2D eigenvalue weighted by atomic mass is 32.1. The van der Waals surface area contributed by atoms with E-state index in [9.17, 15) is 14.4 Å². The molecule has 154 valence electrons. The monoisotopic (exact) mass is 414 g/mol. The maximum absolute atomic E-state index is 12.8. The van der Waals surface area contributed by atoms with Crippen LogP contribution in [0.5, 0.6) is 0 Å². The van der Waals surface area contributed by atoms with Crippen molar-refractivity contribution in [2.45, 2.75) is 33.4 Å². The number of rotatable bonds is 8. The van der Waals surface area contributed by atoms with Gasteiger partial charge in [-0.3, -0.25) is 19.1 Å². The van der Waals surface area contributed by atoms with Gasteiger partial charge >= 0.3 is 5.69 Å². The Morgan fingerprint density at radius 3 is 2.59 bits per heavy atom. The fraction of sp³-hybridized carbons (Fsp3) is 0.381. The van der Waals surface area contributed by atoms with E-state index in [2.05, 4.69) is 40.5 Å². The largest absolute Gasteiger partial charge is 0.350 e. The van der Waals surface area contributed by atoms with Crippen LogP contribution in [0.3, 0.4) is 0 Å². The molecule has 2 aromatic heterocycles. The Hall–Kier alpha value is -2.71. The summed E-state index contributed by atoms with van der Waals surface area (Å²) < 4.78 is 1.14. The molecule has 29 heavy (non-hydrogen) atoms. The van der Waals surface area contributed by atoms with Crippen LogP contribution in [-0.4, -0.2) is 40.0 Å². The van der Waals surface area contributed by atoms with Crippen LogP contribution in [0.2, 0.25) is 0 Å². The minimum absolute atomic E-state index is 0.0946. The second-order valence-electron chi connectivity index (χ2n) is 6.74. The molecule has 0 saturated heterocycles. The summed E-state index contributed by atoms with van der Waals surface area (Å²) in [6, 6.07) is 6.95. The molecule has 1 amide bonds. The van der Waals surface area contributed by atoms with E-state index in [4.69, 9.17) is 0 Å². The molecule has 1 unspecified atom stereocenters. The Bertz CT molecular complexity index is 1100. The van der Waals surface area contributed by atoms with Crippen molar-refractivity contribution in [1.82, 2.24) is 19.8 Å². The van der Waals surface area contributed by atoms with Gasteiger partial charge in [0.05, 0.1) is 16.9 Å². The van der Waals surface area contributed by atoms with E-state index in [0.29, 0.717) is 29.6 Å². The first-order chi connectivity index (χ1) is 14.0. The van der Waals surface area contributed by atoms with Gasteiger partial charge in [-0.1, -0.05) is 13.8 Å². The van der Waals surface area contributed by atoms with Gasteiger partial charge in [-0.2, -0.15) is 11.3 Å². The molecule has 0 aliphatic rings. The van der Waals surface area contributed by atoms with Crippen LogP contribution in [0.15, 0.2) is 44.6 Å².